The quantitative estimate of drug-likeness (QED) is 0.464. The molecular weight excluding hydrogens is 390 g/mol. The number of aryl methyl sites for hydroxylation is 1. The summed E-state index contributed by atoms with van der Waals surface area (Å²) in [5.41, 5.74) is 2.40. The summed E-state index contributed by atoms with van der Waals surface area (Å²) in [6.45, 7) is 2.95. The number of rotatable bonds is 4. The van der Waals surface area contributed by atoms with Crippen LogP contribution in [0.5, 0.6) is 0 Å². The summed E-state index contributed by atoms with van der Waals surface area (Å²) in [4.78, 5) is 27.4. The van der Waals surface area contributed by atoms with Crippen molar-refractivity contribution < 1.29 is 19.4 Å². The van der Waals surface area contributed by atoms with Crippen molar-refractivity contribution in [3.05, 3.63) is 75.8 Å². The van der Waals surface area contributed by atoms with Gasteiger partial charge in [0.1, 0.15) is 5.76 Å². The molecule has 0 aromatic heterocycles. The Balaban J connectivity index is 1.81. The van der Waals surface area contributed by atoms with Crippen LogP contribution < -0.4 is 0 Å². The van der Waals surface area contributed by atoms with Crippen LogP contribution in [0.2, 0.25) is 5.02 Å². The fourth-order valence-corrected chi connectivity index (χ4v) is 4.06. The van der Waals surface area contributed by atoms with Gasteiger partial charge in [-0.3, -0.25) is 9.59 Å². The first-order valence-electron chi connectivity index (χ1n) is 9.68. The van der Waals surface area contributed by atoms with E-state index in [2.05, 4.69) is 0 Å². The zero-order chi connectivity index (χ0) is 20.5. The summed E-state index contributed by atoms with van der Waals surface area (Å²) >= 11 is 5.94. The van der Waals surface area contributed by atoms with Gasteiger partial charge in [0.05, 0.1) is 17.7 Å². The van der Waals surface area contributed by atoms with Gasteiger partial charge in [0, 0.05) is 23.7 Å². The van der Waals surface area contributed by atoms with Crippen LogP contribution in [0.15, 0.2) is 54.1 Å². The van der Waals surface area contributed by atoms with Crippen molar-refractivity contribution in [2.75, 3.05) is 13.2 Å². The second-order valence-electron chi connectivity index (χ2n) is 7.50. The molecule has 4 rings (SSSR count). The molecule has 6 heteroatoms. The molecule has 1 N–H and O–H groups in total. The number of likely N-dealkylation sites (tertiary alicyclic amines) is 1. The number of benzene rings is 2. The Morgan fingerprint density at radius 1 is 1.14 bits per heavy atom. The summed E-state index contributed by atoms with van der Waals surface area (Å²) in [6.07, 6.45) is 1.69. The largest absolute Gasteiger partial charge is 0.507 e. The maximum Gasteiger partial charge on any atom is 0.295 e. The van der Waals surface area contributed by atoms with Gasteiger partial charge in [-0.15, -0.1) is 0 Å². The van der Waals surface area contributed by atoms with Crippen molar-refractivity contribution >= 4 is 29.1 Å². The minimum Gasteiger partial charge on any atom is -0.507 e. The molecule has 5 nitrogen and oxygen atoms in total. The molecular formula is C23H22ClNO4. The first kappa shape index (κ1) is 19.7. The average Bonchev–Trinajstić information content (AvgIpc) is 3.31. The lowest BCUT2D eigenvalue weighted by molar-refractivity contribution is -0.140. The third-order valence-electron chi connectivity index (χ3n) is 5.48. The van der Waals surface area contributed by atoms with Gasteiger partial charge in [-0.1, -0.05) is 41.4 Å². The van der Waals surface area contributed by atoms with E-state index in [1.807, 2.05) is 31.2 Å². The van der Waals surface area contributed by atoms with Gasteiger partial charge in [-0.2, -0.15) is 0 Å². The zero-order valence-corrected chi connectivity index (χ0v) is 16.9. The summed E-state index contributed by atoms with van der Waals surface area (Å²) in [5.74, 6) is -1.48. The van der Waals surface area contributed by atoms with Crippen molar-refractivity contribution in [1.29, 1.82) is 0 Å². The minimum atomic E-state index is -0.680. The molecule has 0 aliphatic carbocycles. The van der Waals surface area contributed by atoms with Crippen molar-refractivity contribution in [2.45, 2.75) is 31.9 Å². The molecule has 2 aliphatic heterocycles. The zero-order valence-electron chi connectivity index (χ0n) is 16.1. The molecule has 2 fully saturated rings. The van der Waals surface area contributed by atoms with Gasteiger partial charge < -0.3 is 14.7 Å². The van der Waals surface area contributed by atoms with Crippen LogP contribution in [0, 0.1) is 6.92 Å². The number of amides is 1. The number of carbonyl (C=O) groups excluding carboxylic acids is 2. The van der Waals surface area contributed by atoms with E-state index in [-0.39, 0.29) is 17.4 Å². The number of Topliss-reactive ketones (excluding diaryl/α,β-unsaturated/α-hetero) is 1. The van der Waals surface area contributed by atoms with Crippen molar-refractivity contribution in [2.24, 2.45) is 0 Å². The molecule has 2 heterocycles. The fourth-order valence-electron chi connectivity index (χ4n) is 3.93. The standard InChI is InChI=1S/C23H22ClNO4/c1-14-4-6-15(7-5-14)20-19(21(26)16-8-10-17(24)11-9-16)22(27)23(28)25(20)13-18-3-2-12-29-18/h4-11,18,20,26H,2-3,12-13H2,1H3/t18-,20+/m1/s1. The van der Waals surface area contributed by atoms with E-state index in [0.29, 0.717) is 23.7 Å². The highest BCUT2D eigenvalue weighted by Gasteiger charge is 2.47. The van der Waals surface area contributed by atoms with E-state index in [9.17, 15) is 14.7 Å². The Kier molecular flexibility index (Phi) is 5.43. The van der Waals surface area contributed by atoms with Crippen LogP contribution >= 0.6 is 11.6 Å². The van der Waals surface area contributed by atoms with Crippen molar-refractivity contribution in [3.8, 4) is 0 Å². The lowest BCUT2D eigenvalue weighted by Crippen LogP contribution is -2.36. The minimum absolute atomic E-state index is 0.0965. The van der Waals surface area contributed by atoms with Crippen LogP contribution in [0.1, 0.15) is 35.6 Å². The predicted molar refractivity (Wildman–Crippen MR) is 111 cm³/mol. The normalized spacial score (nSPS) is 23.7. The average molecular weight is 412 g/mol. The Morgan fingerprint density at radius 3 is 2.45 bits per heavy atom. The second kappa shape index (κ2) is 8.01. The molecule has 0 spiro atoms. The predicted octanol–water partition coefficient (Wildman–Crippen LogP) is 4.25. The molecule has 2 atom stereocenters. The molecule has 150 valence electrons. The van der Waals surface area contributed by atoms with E-state index in [1.54, 1.807) is 24.3 Å². The van der Waals surface area contributed by atoms with Gasteiger partial charge in [-0.25, -0.2) is 0 Å². The van der Waals surface area contributed by atoms with Gasteiger partial charge in [0.15, 0.2) is 0 Å². The van der Waals surface area contributed by atoms with E-state index in [0.717, 1.165) is 24.0 Å². The Labute approximate surface area is 174 Å². The topological polar surface area (TPSA) is 66.8 Å². The number of hydrogen-bond donors (Lipinski definition) is 1. The van der Waals surface area contributed by atoms with Gasteiger partial charge in [0.2, 0.25) is 0 Å². The SMILES string of the molecule is Cc1ccc([C@H]2C(=C(O)c3ccc(Cl)cc3)C(=O)C(=O)N2C[C@H]2CCCO2)cc1. The monoisotopic (exact) mass is 411 g/mol. The Bertz CT molecular complexity index is 959. The molecule has 2 saturated heterocycles. The lowest BCUT2D eigenvalue weighted by Gasteiger charge is -2.27. The molecule has 0 radical (unpaired) electrons. The summed E-state index contributed by atoms with van der Waals surface area (Å²) < 4.78 is 5.70. The van der Waals surface area contributed by atoms with Crippen molar-refractivity contribution in [1.82, 2.24) is 4.90 Å². The first-order valence-corrected chi connectivity index (χ1v) is 10.1. The molecule has 1 amide bonds. The highest BCUT2D eigenvalue weighted by Crippen LogP contribution is 2.40. The Morgan fingerprint density at radius 2 is 1.83 bits per heavy atom. The van der Waals surface area contributed by atoms with Crippen LogP contribution in [-0.2, 0) is 14.3 Å². The van der Waals surface area contributed by atoms with E-state index >= 15 is 0 Å². The molecule has 29 heavy (non-hydrogen) atoms. The van der Waals surface area contributed by atoms with E-state index < -0.39 is 17.7 Å². The number of halogens is 1. The molecule has 0 unspecified atom stereocenters. The van der Waals surface area contributed by atoms with E-state index in [1.165, 1.54) is 4.90 Å². The van der Waals surface area contributed by atoms with Gasteiger partial charge >= 0.3 is 0 Å². The smallest absolute Gasteiger partial charge is 0.295 e. The summed E-state index contributed by atoms with van der Waals surface area (Å²) in [7, 11) is 0. The molecule has 2 aliphatic rings. The van der Waals surface area contributed by atoms with Gasteiger partial charge in [0.25, 0.3) is 11.7 Å². The van der Waals surface area contributed by atoms with Crippen molar-refractivity contribution in [3.63, 3.8) is 0 Å². The maximum absolute atomic E-state index is 12.9. The number of nitrogens with zero attached hydrogens (tertiary/aromatic N) is 1. The van der Waals surface area contributed by atoms with E-state index in [4.69, 9.17) is 16.3 Å². The third kappa shape index (κ3) is 3.80. The third-order valence-corrected chi connectivity index (χ3v) is 5.73. The number of aliphatic hydroxyl groups is 1. The lowest BCUT2D eigenvalue weighted by atomic mass is 9.94. The Hall–Kier alpha value is -2.63. The number of carbonyl (C=O) groups is 2. The number of ketones is 1. The highest BCUT2D eigenvalue weighted by atomic mass is 35.5. The van der Waals surface area contributed by atoms with Crippen LogP contribution in [0.25, 0.3) is 5.76 Å². The number of aliphatic hydroxyl groups excluding tert-OH is 1. The summed E-state index contributed by atoms with van der Waals surface area (Å²) in [5, 5.41) is 11.5. The number of ether oxygens (including phenoxy) is 1. The fraction of sp³-hybridized carbons (Fsp3) is 0.304. The van der Waals surface area contributed by atoms with Crippen LogP contribution in [0.4, 0.5) is 0 Å². The maximum atomic E-state index is 12.9. The first-order chi connectivity index (χ1) is 14.0. The summed E-state index contributed by atoms with van der Waals surface area (Å²) in [6, 6.07) is 13.5. The highest BCUT2D eigenvalue weighted by molar-refractivity contribution is 6.46. The molecule has 2 aromatic rings. The molecule has 0 bridgehead atoms. The number of hydrogen-bond acceptors (Lipinski definition) is 4. The second-order valence-corrected chi connectivity index (χ2v) is 7.94. The van der Waals surface area contributed by atoms with Crippen LogP contribution in [-0.4, -0.2) is 41.0 Å². The van der Waals surface area contributed by atoms with Gasteiger partial charge in [-0.05, 0) is 49.6 Å². The molecule has 2 aromatic carbocycles. The molecule has 0 saturated carbocycles. The van der Waals surface area contributed by atoms with Crippen LogP contribution in [0.3, 0.4) is 0 Å².